The monoisotopic (exact) mass is 132 g/mol. The zero-order chi connectivity index (χ0) is 6.81. The predicted molar refractivity (Wildman–Crippen MR) is 41.2 cm³/mol. The molecule has 1 heterocycles. The van der Waals surface area contributed by atoms with E-state index in [9.17, 15) is 0 Å². The summed E-state index contributed by atoms with van der Waals surface area (Å²) >= 11 is 0. The van der Waals surface area contributed by atoms with Crippen LogP contribution in [0.25, 0.3) is 0 Å². The molecule has 1 radical (unpaired) electrons. The van der Waals surface area contributed by atoms with Crippen LogP contribution in [0.4, 0.5) is 0 Å². The minimum Gasteiger partial charge on any atom is -0.383 e. The Kier molecular flexibility index (Phi) is 1.35. The van der Waals surface area contributed by atoms with Gasteiger partial charge in [0.25, 0.3) is 0 Å². The highest BCUT2D eigenvalue weighted by Gasteiger charge is 2.08. The van der Waals surface area contributed by atoms with Crippen LogP contribution in [0.5, 0.6) is 0 Å². The molecule has 0 bridgehead atoms. The van der Waals surface area contributed by atoms with Gasteiger partial charge in [-0.3, -0.25) is 0 Å². The molecule has 1 aliphatic carbocycles. The first kappa shape index (κ1) is 5.78. The largest absolute Gasteiger partial charge is 0.383 e. The normalized spacial score (nSPS) is 22.4. The zero-order valence-electron chi connectivity index (χ0n) is 5.85. The molecule has 1 aliphatic heterocycles. The molecule has 1 N–H and O–H groups in total. The molecule has 1 heteroatoms. The highest BCUT2D eigenvalue weighted by Crippen LogP contribution is 2.21. The summed E-state index contributed by atoms with van der Waals surface area (Å²) in [6, 6.07) is 0. The Bertz CT molecular complexity index is 221. The van der Waals surface area contributed by atoms with Gasteiger partial charge >= 0.3 is 0 Å². The molecular formula is C9H10N. The second-order valence-corrected chi connectivity index (χ2v) is 2.58. The van der Waals surface area contributed by atoms with Gasteiger partial charge in [0.05, 0.1) is 6.20 Å². The SMILES string of the molecule is [C]1=C2C=CCC=C2CCN1. The standard InChI is InChI=1S/C9H10N/c1-2-4-9-7-10-6-5-8(9)3-1/h2-4,10H,1,5-6H2. The van der Waals surface area contributed by atoms with Gasteiger partial charge in [-0.05, 0) is 18.4 Å². The fourth-order valence-corrected chi connectivity index (χ4v) is 1.33. The van der Waals surface area contributed by atoms with E-state index in [-0.39, 0.29) is 0 Å². The zero-order valence-corrected chi connectivity index (χ0v) is 5.85. The Morgan fingerprint density at radius 3 is 3.40 bits per heavy atom. The molecule has 2 aliphatic rings. The second-order valence-electron chi connectivity index (χ2n) is 2.58. The highest BCUT2D eigenvalue weighted by molar-refractivity contribution is 5.42. The van der Waals surface area contributed by atoms with Crippen molar-refractivity contribution in [1.82, 2.24) is 5.32 Å². The van der Waals surface area contributed by atoms with E-state index in [0.717, 1.165) is 19.4 Å². The van der Waals surface area contributed by atoms with Crippen LogP contribution in [0.2, 0.25) is 0 Å². The van der Waals surface area contributed by atoms with Gasteiger partial charge in [-0.1, -0.05) is 18.2 Å². The lowest BCUT2D eigenvalue weighted by Gasteiger charge is -2.16. The molecule has 0 unspecified atom stereocenters. The molecule has 2 rings (SSSR count). The van der Waals surface area contributed by atoms with Gasteiger partial charge in [0, 0.05) is 12.1 Å². The quantitative estimate of drug-likeness (QED) is 0.527. The third-order valence-corrected chi connectivity index (χ3v) is 1.87. The fraction of sp³-hybridized carbons (Fsp3) is 0.333. The van der Waals surface area contributed by atoms with Gasteiger partial charge in [-0.25, -0.2) is 0 Å². The summed E-state index contributed by atoms with van der Waals surface area (Å²) in [6.07, 6.45) is 12.0. The molecule has 0 spiro atoms. The first-order valence-corrected chi connectivity index (χ1v) is 3.68. The molecule has 0 aromatic carbocycles. The second kappa shape index (κ2) is 2.33. The maximum absolute atomic E-state index is 3.13. The van der Waals surface area contributed by atoms with E-state index < -0.39 is 0 Å². The smallest absolute Gasteiger partial charge is 0.0658 e. The molecular weight excluding hydrogens is 122 g/mol. The molecule has 10 heavy (non-hydrogen) atoms. The third kappa shape index (κ3) is 0.878. The van der Waals surface area contributed by atoms with Gasteiger partial charge in [0.15, 0.2) is 0 Å². The third-order valence-electron chi connectivity index (χ3n) is 1.87. The van der Waals surface area contributed by atoms with E-state index in [2.05, 4.69) is 29.7 Å². The van der Waals surface area contributed by atoms with Crippen molar-refractivity contribution in [3.05, 3.63) is 35.6 Å². The summed E-state index contributed by atoms with van der Waals surface area (Å²) < 4.78 is 0. The van der Waals surface area contributed by atoms with Crippen LogP contribution in [-0.2, 0) is 0 Å². The number of fused-ring (bicyclic) bond motifs is 1. The van der Waals surface area contributed by atoms with Gasteiger partial charge in [0.2, 0.25) is 0 Å². The first-order chi connectivity index (χ1) is 4.97. The van der Waals surface area contributed by atoms with Crippen molar-refractivity contribution in [1.29, 1.82) is 0 Å². The lowest BCUT2D eigenvalue weighted by Crippen LogP contribution is -2.16. The van der Waals surface area contributed by atoms with E-state index in [4.69, 9.17) is 0 Å². The molecule has 0 amide bonds. The number of nitrogens with one attached hydrogen (secondary N) is 1. The van der Waals surface area contributed by atoms with Gasteiger partial charge in [0.1, 0.15) is 0 Å². The Balaban J connectivity index is 2.32. The average molecular weight is 132 g/mol. The minimum absolute atomic E-state index is 1.04. The maximum Gasteiger partial charge on any atom is 0.0658 e. The van der Waals surface area contributed by atoms with Crippen molar-refractivity contribution in [2.45, 2.75) is 12.8 Å². The number of allylic oxidation sites excluding steroid dienone is 4. The Hall–Kier alpha value is -0.980. The van der Waals surface area contributed by atoms with Crippen LogP contribution in [0.3, 0.4) is 0 Å². The lowest BCUT2D eigenvalue weighted by molar-refractivity contribution is 0.770. The van der Waals surface area contributed by atoms with Crippen molar-refractivity contribution in [2.24, 2.45) is 0 Å². The van der Waals surface area contributed by atoms with E-state index in [1.165, 1.54) is 11.1 Å². The van der Waals surface area contributed by atoms with Gasteiger partial charge < -0.3 is 5.32 Å². The summed E-state index contributed by atoms with van der Waals surface area (Å²) in [5.74, 6) is 0. The Labute approximate surface area is 61.1 Å². The molecule has 0 fully saturated rings. The highest BCUT2D eigenvalue weighted by atomic mass is 14.8. The molecule has 0 aromatic rings. The van der Waals surface area contributed by atoms with Crippen molar-refractivity contribution in [2.75, 3.05) is 6.54 Å². The average Bonchev–Trinajstić information content (AvgIpc) is 2.05. The summed E-state index contributed by atoms with van der Waals surface area (Å²) in [5.41, 5.74) is 2.71. The van der Waals surface area contributed by atoms with E-state index >= 15 is 0 Å². The van der Waals surface area contributed by atoms with E-state index in [0.29, 0.717) is 0 Å². The van der Waals surface area contributed by atoms with Crippen molar-refractivity contribution in [3.8, 4) is 0 Å². The van der Waals surface area contributed by atoms with Crippen LogP contribution >= 0.6 is 0 Å². The van der Waals surface area contributed by atoms with E-state index in [1.807, 2.05) is 0 Å². The van der Waals surface area contributed by atoms with Gasteiger partial charge in [-0.2, -0.15) is 0 Å². The van der Waals surface area contributed by atoms with E-state index in [1.54, 1.807) is 0 Å². The molecule has 0 atom stereocenters. The summed E-state index contributed by atoms with van der Waals surface area (Å²) in [7, 11) is 0. The predicted octanol–water partition coefficient (Wildman–Crippen LogP) is 1.55. The molecule has 1 nitrogen and oxygen atoms in total. The number of hydrogen-bond acceptors (Lipinski definition) is 1. The van der Waals surface area contributed by atoms with Crippen LogP contribution in [0.1, 0.15) is 12.8 Å². The molecule has 0 saturated heterocycles. The minimum atomic E-state index is 1.04. The Morgan fingerprint density at radius 1 is 1.50 bits per heavy atom. The summed E-state index contributed by atoms with van der Waals surface area (Å²) in [5, 5.41) is 3.10. The topological polar surface area (TPSA) is 12.0 Å². The maximum atomic E-state index is 3.13. The van der Waals surface area contributed by atoms with Crippen LogP contribution < -0.4 is 5.32 Å². The first-order valence-electron chi connectivity index (χ1n) is 3.68. The molecule has 51 valence electrons. The summed E-state index contributed by atoms with van der Waals surface area (Å²) in [4.78, 5) is 0. The number of hydrogen-bond donors (Lipinski definition) is 1. The summed E-state index contributed by atoms with van der Waals surface area (Å²) in [6.45, 7) is 1.04. The Morgan fingerprint density at radius 2 is 2.50 bits per heavy atom. The molecule has 0 aromatic heterocycles. The van der Waals surface area contributed by atoms with Crippen LogP contribution in [0, 0.1) is 6.20 Å². The molecule has 0 saturated carbocycles. The van der Waals surface area contributed by atoms with Crippen molar-refractivity contribution < 1.29 is 0 Å². The lowest BCUT2D eigenvalue weighted by atomic mass is 9.96. The number of rotatable bonds is 0. The fourth-order valence-electron chi connectivity index (χ4n) is 1.33. The van der Waals surface area contributed by atoms with Crippen molar-refractivity contribution >= 4 is 0 Å². The van der Waals surface area contributed by atoms with Crippen molar-refractivity contribution in [3.63, 3.8) is 0 Å². The van der Waals surface area contributed by atoms with Crippen LogP contribution in [0.15, 0.2) is 29.4 Å². The van der Waals surface area contributed by atoms with Gasteiger partial charge in [-0.15, -0.1) is 0 Å². The van der Waals surface area contributed by atoms with Crippen LogP contribution in [-0.4, -0.2) is 6.54 Å².